The number of nitrogens with zero attached hydrogens (tertiary/aromatic N) is 1. The predicted molar refractivity (Wildman–Crippen MR) is 125 cm³/mol. The van der Waals surface area contributed by atoms with Gasteiger partial charge in [0.2, 0.25) is 0 Å². The quantitative estimate of drug-likeness (QED) is 0.553. The van der Waals surface area contributed by atoms with Gasteiger partial charge in [-0.05, 0) is 72.8 Å². The lowest BCUT2D eigenvalue weighted by Crippen LogP contribution is -2.46. The van der Waals surface area contributed by atoms with E-state index in [4.69, 9.17) is 16.6 Å². The molecule has 0 atom stereocenters. The molecule has 1 saturated carbocycles. The molecule has 0 unspecified atom stereocenters. The molecule has 0 spiro atoms. The van der Waals surface area contributed by atoms with Crippen molar-refractivity contribution in [1.29, 1.82) is 0 Å². The van der Waals surface area contributed by atoms with E-state index in [2.05, 4.69) is 34.3 Å². The number of aromatic amines is 1. The molecule has 1 aromatic carbocycles. The molecule has 1 aliphatic rings. The van der Waals surface area contributed by atoms with Crippen LogP contribution in [0.5, 0.6) is 0 Å². The van der Waals surface area contributed by atoms with E-state index in [0.29, 0.717) is 24.2 Å². The fraction of sp³-hybridized carbons (Fsp3) is 0.417. The predicted octanol–water partition coefficient (Wildman–Crippen LogP) is 4.89. The highest BCUT2D eigenvalue weighted by molar-refractivity contribution is 7.80. The fourth-order valence-electron chi connectivity index (χ4n) is 4.26. The molecule has 158 valence electrons. The first-order valence-corrected chi connectivity index (χ1v) is 11.3. The number of aryl methyl sites for hydroxylation is 1. The van der Waals surface area contributed by atoms with Gasteiger partial charge >= 0.3 is 0 Å². The normalized spacial score (nSPS) is 14.7. The molecule has 0 bridgehead atoms. The number of nitrogens with one attached hydrogen (secondary N) is 2. The molecule has 4 rings (SSSR count). The largest absolute Gasteiger partial charge is 0.467 e. The maximum Gasteiger partial charge on any atom is 0.253 e. The van der Waals surface area contributed by atoms with Crippen LogP contribution < -0.4 is 10.9 Å². The Morgan fingerprint density at radius 1 is 1.23 bits per heavy atom. The Bertz CT molecular complexity index is 1050. The van der Waals surface area contributed by atoms with Gasteiger partial charge in [-0.25, -0.2) is 0 Å². The van der Waals surface area contributed by atoms with Crippen molar-refractivity contribution in [1.82, 2.24) is 15.2 Å². The number of hydrogen-bond donors (Lipinski definition) is 2. The van der Waals surface area contributed by atoms with Gasteiger partial charge in [-0.1, -0.05) is 32.3 Å². The highest BCUT2D eigenvalue weighted by atomic mass is 32.1. The highest BCUT2D eigenvalue weighted by Crippen LogP contribution is 2.24. The van der Waals surface area contributed by atoms with Crippen LogP contribution in [0.1, 0.15) is 55.9 Å². The number of H-pyrrole nitrogens is 1. The van der Waals surface area contributed by atoms with Crippen LogP contribution in [-0.2, 0) is 19.5 Å². The summed E-state index contributed by atoms with van der Waals surface area (Å²) in [6, 6.07) is 12.4. The Morgan fingerprint density at radius 3 is 2.80 bits per heavy atom. The number of fused-ring (bicyclic) bond motifs is 1. The van der Waals surface area contributed by atoms with Crippen molar-refractivity contribution >= 4 is 28.2 Å². The number of pyridine rings is 1. The van der Waals surface area contributed by atoms with E-state index in [1.165, 1.54) is 24.8 Å². The molecular weight excluding hydrogens is 394 g/mol. The molecule has 0 amide bonds. The van der Waals surface area contributed by atoms with E-state index in [1.807, 2.05) is 24.3 Å². The number of thiocarbonyl (C=S) groups is 1. The first-order valence-electron chi connectivity index (χ1n) is 10.9. The van der Waals surface area contributed by atoms with Crippen LogP contribution >= 0.6 is 12.2 Å². The summed E-state index contributed by atoms with van der Waals surface area (Å²) in [5.41, 5.74) is 2.86. The zero-order chi connectivity index (χ0) is 20.9. The minimum Gasteiger partial charge on any atom is -0.467 e. The Hall–Kier alpha value is -2.60. The van der Waals surface area contributed by atoms with Crippen LogP contribution in [0.25, 0.3) is 10.9 Å². The van der Waals surface area contributed by atoms with Crippen molar-refractivity contribution in [3.63, 3.8) is 0 Å². The third kappa shape index (κ3) is 4.75. The molecule has 5 nitrogen and oxygen atoms in total. The van der Waals surface area contributed by atoms with E-state index < -0.39 is 0 Å². The molecule has 2 aromatic heterocycles. The van der Waals surface area contributed by atoms with Crippen LogP contribution in [0.15, 0.2) is 51.9 Å². The van der Waals surface area contributed by atoms with Crippen LogP contribution in [0.2, 0.25) is 0 Å². The van der Waals surface area contributed by atoms with E-state index in [0.717, 1.165) is 41.5 Å². The number of furan rings is 1. The molecular formula is C24H29N3O2S. The van der Waals surface area contributed by atoms with Crippen molar-refractivity contribution in [3.8, 4) is 0 Å². The summed E-state index contributed by atoms with van der Waals surface area (Å²) in [5, 5.41) is 5.08. The zero-order valence-electron chi connectivity index (χ0n) is 17.4. The Kier molecular flexibility index (Phi) is 6.53. The van der Waals surface area contributed by atoms with Crippen molar-refractivity contribution < 1.29 is 4.42 Å². The van der Waals surface area contributed by atoms with Crippen molar-refractivity contribution in [2.45, 2.75) is 64.6 Å². The van der Waals surface area contributed by atoms with Gasteiger partial charge in [-0.15, -0.1) is 0 Å². The molecule has 1 fully saturated rings. The maximum atomic E-state index is 12.8. The minimum absolute atomic E-state index is 0.0404. The molecule has 2 heterocycles. The van der Waals surface area contributed by atoms with Gasteiger partial charge in [0.15, 0.2) is 5.11 Å². The van der Waals surface area contributed by atoms with Crippen molar-refractivity contribution in [2.24, 2.45) is 0 Å². The van der Waals surface area contributed by atoms with Gasteiger partial charge in [0.05, 0.1) is 19.4 Å². The van der Waals surface area contributed by atoms with Gasteiger partial charge < -0.3 is 19.6 Å². The highest BCUT2D eigenvalue weighted by Gasteiger charge is 2.24. The molecule has 2 N–H and O–H groups in total. The molecule has 30 heavy (non-hydrogen) atoms. The van der Waals surface area contributed by atoms with E-state index >= 15 is 0 Å². The lowest BCUT2D eigenvalue weighted by molar-refractivity contribution is 0.234. The number of hydrogen-bond acceptors (Lipinski definition) is 3. The van der Waals surface area contributed by atoms with Crippen molar-refractivity contribution in [2.75, 3.05) is 0 Å². The summed E-state index contributed by atoms with van der Waals surface area (Å²) in [7, 11) is 0. The summed E-state index contributed by atoms with van der Waals surface area (Å²) in [4.78, 5) is 18.1. The number of benzene rings is 1. The average molecular weight is 424 g/mol. The Balaban J connectivity index is 1.59. The molecule has 0 saturated heterocycles. The van der Waals surface area contributed by atoms with Gasteiger partial charge in [0.25, 0.3) is 5.56 Å². The lowest BCUT2D eigenvalue weighted by atomic mass is 9.94. The third-order valence-electron chi connectivity index (χ3n) is 6.00. The van der Waals surface area contributed by atoms with Gasteiger partial charge in [-0.2, -0.15) is 0 Å². The number of aromatic nitrogens is 1. The van der Waals surface area contributed by atoms with Crippen LogP contribution in [0, 0.1) is 0 Å². The van der Waals surface area contributed by atoms with E-state index in [1.54, 1.807) is 6.26 Å². The van der Waals surface area contributed by atoms with Crippen LogP contribution in [-0.4, -0.2) is 21.0 Å². The smallest absolute Gasteiger partial charge is 0.253 e. The molecule has 0 radical (unpaired) electrons. The monoisotopic (exact) mass is 423 g/mol. The van der Waals surface area contributed by atoms with E-state index in [-0.39, 0.29) is 5.56 Å². The topological polar surface area (TPSA) is 61.3 Å². The van der Waals surface area contributed by atoms with Gasteiger partial charge in [0, 0.05) is 17.1 Å². The van der Waals surface area contributed by atoms with E-state index in [9.17, 15) is 4.79 Å². The third-order valence-corrected chi connectivity index (χ3v) is 6.38. The van der Waals surface area contributed by atoms with Crippen LogP contribution in [0.3, 0.4) is 0 Å². The second kappa shape index (κ2) is 9.47. The lowest BCUT2D eigenvalue weighted by Gasteiger charge is -2.36. The first kappa shape index (κ1) is 20.7. The van der Waals surface area contributed by atoms with Gasteiger partial charge in [-0.3, -0.25) is 4.79 Å². The summed E-state index contributed by atoms with van der Waals surface area (Å²) in [6.45, 7) is 3.20. The average Bonchev–Trinajstić information content (AvgIpc) is 3.30. The number of rotatable bonds is 6. The summed E-state index contributed by atoms with van der Waals surface area (Å²) >= 11 is 5.77. The van der Waals surface area contributed by atoms with Crippen LogP contribution in [0.4, 0.5) is 0 Å². The van der Waals surface area contributed by atoms with Crippen molar-refractivity contribution in [3.05, 3.63) is 69.9 Å². The molecule has 3 aromatic rings. The summed E-state index contributed by atoms with van der Waals surface area (Å²) < 4.78 is 5.42. The summed E-state index contributed by atoms with van der Waals surface area (Å²) in [6.07, 6.45) is 8.53. The second-order valence-electron chi connectivity index (χ2n) is 8.06. The van der Waals surface area contributed by atoms with Gasteiger partial charge in [0.1, 0.15) is 5.76 Å². The fourth-order valence-corrected chi connectivity index (χ4v) is 4.54. The Labute approximate surface area is 182 Å². The standard InChI is InChI=1S/C24H29N3O2S/c1-2-17-10-11-22-18(13-17)14-19(23(28)26-22)16-27(20-7-4-3-5-8-20)24(30)25-15-21-9-6-12-29-21/h6,9-14,20H,2-5,7-8,15-16H2,1H3,(H,25,30)(H,26,28). The first-order chi connectivity index (χ1) is 14.6. The molecule has 1 aliphatic carbocycles. The second-order valence-corrected chi connectivity index (χ2v) is 8.44. The minimum atomic E-state index is -0.0404. The SMILES string of the molecule is CCc1ccc2[nH]c(=O)c(CN(C(=S)NCc3ccco3)C3CCCCC3)cc2c1. The maximum absolute atomic E-state index is 12.8. The Morgan fingerprint density at radius 2 is 2.07 bits per heavy atom. The zero-order valence-corrected chi connectivity index (χ0v) is 18.3. The summed E-state index contributed by atoms with van der Waals surface area (Å²) in [5.74, 6) is 0.844. The molecule has 0 aliphatic heterocycles. The molecule has 6 heteroatoms.